The molecule has 1 rings (SSSR count). The van der Waals surface area contributed by atoms with E-state index in [9.17, 15) is 4.79 Å². The van der Waals surface area contributed by atoms with Gasteiger partial charge in [-0.25, -0.2) is 0 Å². The third-order valence-electron chi connectivity index (χ3n) is 4.93. The fourth-order valence-electron chi connectivity index (χ4n) is 3.27. The van der Waals surface area contributed by atoms with E-state index in [0.29, 0.717) is 6.04 Å². The van der Waals surface area contributed by atoms with E-state index in [4.69, 9.17) is 0 Å². The quantitative estimate of drug-likeness (QED) is 0.359. The van der Waals surface area contributed by atoms with Gasteiger partial charge in [0.05, 0.1) is 0 Å². The van der Waals surface area contributed by atoms with Crippen molar-refractivity contribution >= 4 is 37.5 Å². The van der Waals surface area contributed by atoms with Crippen molar-refractivity contribution in [3.8, 4) is 0 Å². The Morgan fingerprint density at radius 1 is 1.44 bits per heavy atom. The standard InChI is InChI=1S/C20H39IN2OS/c1-9-15(2)19(24)22-18(13-25-20(5,6)14-21(7)8)17(4)23-12-10-11-16(23)3/h15-16,18H,4,9-14H2,1-3,5-8H3,(H,22,24)/t15-,16+,18-/m0/s1. The SMILES string of the molecule is C=C([C@H](CSC(C)(C)CI(C)C)NC(=O)[C@@H](C)CC)N1CCC[C@H]1C. The van der Waals surface area contributed by atoms with E-state index in [2.05, 4.69) is 54.4 Å². The van der Waals surface area contributed by atoms with E-state index in [1.165, 1.54) is 17.3 Å². The molecular formula is C20H39IN2OS. The molecule has 1 fully saturated rings. The molecule has 1 N–H and O–H groups in total. The van der Waals surface area contributed by atoms with Gasteiger partial charge in [-0.05, 0) is 0 Å². The van der Waals surface area contributed by atoms with Crippen LogP contribution in [0, 0.1) is 5.92 Å². The molecule has 0 aromatic heterocycles. The molecule has 1 amide bonds. The fourth-order valence-corrected chi connectivity index (χ4v) is 10.0. The van der Waals surface area contributed by atoms with Gasteiger partial charge in [-0.15, -0.1) is 0 Å². The Morgan fingerprint density at radius 2 is 2.08 bits per heavy atom. The molecule has 0 radical (unpaired) electrons. The van der Waals surface area contributed by atoms with Crippen molar-refractivity contribution in [3.05, 3.63) is 12.3 Å². The van der Waals surface area contributed by atoms with Gasteiger partial charge in [0.15, 0.2) is 0 Å². The van der Waals surface area contributed by atoms with Crippen LogP contribution in [-0.2, 0) is 4.79 Å². The Hall–Kier alpha value is 0.0900. The number of carbonyl (C=O) groups is 1. The number of hydrogen-bond acceptors (Lipinski definition) is 3. The fraction of sp³-hybridized carbons (Fsp3) is 0.850. The van der Waals surface area contributed by atoms with Crippen LogP contribution < -0.4 is 5.32 Å². The average Bonchev–Trinajstić information content (AvgIpc) is 2.94. The summed E-state index contributed by atoms with van der Waals surface area (Å²) in [6.45, 7) is 16.5. The second-order valence-electron chi connectivity index (χ2n) is 8.16. The second kappa shape index (κ2) is 10.4. The number of likely N-dealkylation sites (tertiary alicyclic amines) is 1. The molecule has 1 saturated heterocycles. The summed E-state index contributed by atoms with van der Waals surface area (Å²) in [6, 6.07) is 0.583. The zero-order chi connectivity index (χ0) is 19.2. The summed E-state index contributed by atoms with van der Waals surface area (Å²) >= 11 is 1.23. The summed E-state index contributed by atoms with van der Waals surface area (Å²) < 4.78 is 1.62. The van der Waals surface area contributed by atoms with Crippen molar-refractivity contribution in [2.45, 2.75) is 70.7 Å². The van der Waals surface area contributed by atoms with Crippen LogP contribution in [0.3, 0.4) is 0 Å². The van der Waals surface area contributed by atoms with Gasteiger partial charge >= 0.3 is 168 Å². The van der Waals surface area contributed by atoms with Gasteiger partial charge in [0, 0.05) is 0 Å². The number of alkyl halides is 3. The monoisotopic (exact) mass is 482 g/mol. The number of amides is 1. The van der Waals surface area contributed by atoms with Crippen molar-refractivity contribution in [1.82, 2.24) is 10.2 Å². The van der Waals surface area contributed by atoms with E-state index in [1.54, 1.807) is 0 Å². The molecule has 5 heteroatoms. The van der Waals surface area contributed by atoms with Crippen LogP contribution in [0.25, 0.3) is 0 Å². The first-order valence-corrected chi connectivity index (χ1v) is 16.3. The van der Waals surface area contributed by atoms with E-state index >= 15 is 0 Å². The summed E-state index contributed by atoms with van der Waals surface area (Å²) in [4.78, 5) is 19.8. The summed E-state index contributed by atoms with van der Waals surface area (Å²) in [7, 11) is 0. The van der Waals surface area contributed by atoms with Crippen LogP contribution in [-0.4, -0.2) is 54.2 Å². The molecular weight excluding hydrogens is 443 g/mol. The number of rotatable bonds is 10. The van der Waals surface area contributed by atoms with Gasteiger partial charge in [0.2, 0.25) is 0 Å². The molecule has 1 aliphatic rings. The molecule has 1 aliphatic heterocycles. The van der Waals surface area contributed by atoms with Gasteiger partial charge < -0.3 is 0 Å². The normalized spacial score (nSPS) is 21.0. The Morgan fingerprint density at radius 3 is 2.56 bits per heavy atom. The Bertz CT molecular complexity index is 453. The third-order valence-corrected chi connectivity index (χ3v) is 10.3. The van der Waals surface area contributed by atoms with Crippen LogP contribution in [0.15, 0.2) is 12.3 Å². The molecule has 0 spiro atoms. The number of hydrogen-bond donors (Lipinski definition) is 1. The van der Waals surface area contributed by atoms with E-state index < -0.39 is 19.8 Å². The first kappa shape index (κ1) is 23.1. The minimum absolute atomic E-state index is 0.0438. The van der Waals surface area contributed by atoms with Crippen LogP contribution in [0.1, 0.15) is 53.9 Å². The number of nitrogens with zero attached hydrogens (tertiary/aromatic N) is 1. The summed E-state index contributed by atoms with van der Waals surface area (Å²) in [5, 5.41) is 3.30. The molecule has 0 aromatic carbocycles. The Balaban J connectivity index is 2.80. The maximum atomic E-state index is 12.5. The maximum absolute atomic E-state index is 12.5. The van der Waals surface area contributed by atoms with Crippen molar-refractivity contribution in [2.75, 3.05) is 26.6 Å². The number of thioether (sulfide) groups is 1. The first-order valence-electron chi connectivity index (χ1n) is 9.43. The molecule has 0 unspecified atom stereocenters. The molecule has 0 bridgehead atoms. The molecule has 0 saturated carbocycles. The molecule has 3 nitrogen and oxygen atoms in total. The minimum atomic E-state index is -0.770. The molecule has 0 aliphatic carbocycles. The number of nitrogens with one attached hydrogen (secondary N) is 1. The van der Waals surface area contributed by atoms with E-state index in [0.717, 1.165) is 24.4 Å². The Kier molecular flexibility index (Phi) is 9.65. The molecule has 3 atom stereocenters. The summed E-state index contributed by atoms with van der Waals surface area (Å²) in [5.74, 6) is 1.15. The van der Waals surface area contributed by atoms with Crippen molar-refractivity contribution in [3.63, 3.8) is 0 Å². The van der Waals surface area contributed by atoms with E-state index in [-0.39, 0.29) is 22.6 Å². The predicted molar refractivity (Wildman–Crippen MR) is 123 cm³/mol. The van der Waals surface area contributed by atoms with Gasteiger partial charge in [-0.1, -0.05) is 0 Å². The first-order chi connectivity index (χ1) is 11.6. The van der Waals surface area contributed by atoms with E-state index in [1.807, 2.05) is 18.7 Å². The van der Waals surface area contributed by atoms with Crippen LogP contribution in [0.4, 0.5) is 0 Å². The summed E-state index contributed by atoms with van der Waals surface area (Å²) in [6.07, 6.45) is 3.33. The Labute approximate surface area is 167 Å². The molecule has 148 valence electrons. The molecule has 0 aromatic rings. The van der Waals surface area contributed by atoms with Crippen LogP contribution >= 0.6 is 31.6 Å². The number of carbonyl (C=O) groups excluding carboxylic acids is 1. The van der Waals surface area contributed by atoms with Crippen LogP contribution in [0.2, 0.25) is 0 Å². The molecule has 25 heavy (non-hydrogen) atoms. The second-order valence-corrected chi connectivity index (χ2v) is 15.9. The zero-order valence-electron chi connectivity index (χ0n) is 17.3. The van der Waals surface area contributed by atoms with Gasteiger partial charge in [0.25, 0.3) is 0 Å². The predicted octanol–water partition coefficient (Wildman–Crippen LogP) is 4.79. The topological polar surface area (TPSA) is 32.3 Å². The number of halogens is 1. The van der Waals surface area contributed by atoms with Crippen molar-refractivity contribution < 1.29 is 4.79 Å². The van der Waals surface area contributed by atoms with Gasteiger partial charge in [0.1, 0.15) is 0 Å². The average molecular weight is 483 g/mol. The van der Waals surface area contributed by atoms with Gasteiger partial charge in [-0.2, -0.15) is 0 Å². The zero-order valence-corrected chi connectivity index (χ0v) is 20.3. The molecule has 1 heterocycles. The van der Waals surface area contributed by atoms with Gasteiger partial charge in [-0.3, -0.25) is 0 Å². The third kappa shape index (κ3) is 7.69. The van der Waals surface area contributed by atoms with Crippen molar-refractivity contribution in [2.24, 2.45) is 5.92 Å². The van der Waals surface area contributed by atoms with Crippen LogP contribution in [0.5, 0.6) is 0 Å². The van der Waals surface area contributed by atoms with Crippen molar-refractivity contribution in [1.29, 1.82) is 0 Å². The summed E-state index contributed by atoms with van der Waals surface area (Å²) in [5.41, 5.74) is 1.10.